The summed E-state index contributed by atoms with van der Waals surface area (Å²) >= 11 is 3.62. The van der Waals surface area contributed by atoms with Crippen LogP contribution in [0, 0.1) is 5.92 Å². The molecule has 138 valence electrons. The molecule has 0 radical (unpaired) electrons. The molecule has 2 aromatic carbocycles. The van der Waals surface area contributed by atoms with E-state index in [0.717, 1.165) is 19.3 Å². The van der Waals surface area contributed by atoms with Gasteiger partial charge in [0.15, 0.2) is 0 Å². The number of benzene rings is 2. The number of alkyl halides is 1. The van der Waals surface area contributed by atoms with Crippen molar-refractivity contribution in [2.24, 2.45) is 5.92 Å². The van der Waals surface area contributed by atoms with Crippen molar-refractivity contribution in [3.05, 3.63) is 96.1 Å². The minimum Gasteiger partial charge on any atom is -0.0993 e. The third-order valence-electron chi connectivity index (χ3n) is 5.01. The Labute approximate surface area is 168 Å². The van der Waals surface area contributed by atoms with Crippen molar-refractivity contribution in [3.8, 4) is 0 Å². The summed E-state index contributed by atoms with van der Waals surface area (Å²) in [6, 6.07) is 21.8. The number of allylic oxidation sites excluding steroid dienone is 3. The molecule has 0 saturated heterocycles. The van der Waals surface area contributed by atoms with Gasteiger partial charge >= 0.3 is 0 Å². The van der Waals surface area contributed by atoms with E-state index < -0.39 is 0 Å². The smallest absolute Gasteiger partial charge is 0.0297 e. The van der Waals surface area contributed by atoms with E-state index in [9.17, 15) is 0 Å². The highest BCUT2D eigenvalue weighted by atomic mass is 79.9. The van der Waals surface area contributed by atoms with E-state index in [2.05, 4.69) is 109 Å². The molecule has 0 spiro atoms. The van der Waals surface area contributed by atoms with E-state index in [1.54, 1.807) is 0 Å². The van der Waals surface area contributed by atoms with Crippen LogP contribution in [0.3, 0.4) is 0 Å². The van der Waals surface area contributed by atoms with E-state index in [0.29, 0.717) is 16.7 Å². The predicted molar refractivity (Wildman–Crippen MR) is 119 cm³/mol. The molecule has 0 aromatic heterocycles. The average Bonchev–Trinajstić information content (AvgIpc) is 2.67. The third kappa shape index (κ3) is 6.96. The molecule has 0 bridgehead atoms. The summed E-state index contributed by atoms with van der Waals surface area (Å²) in [7, 11) is 0. The minimum atomic E-state index is 0.406. The molecule has 3 atom stereocenters. The summed E-state index contributed by atoms with van der Waals surface area (Å²) in [5, 5.41) is 0. The van der Waals surface area contributed by atoms with E-state index >= 15 is 0 Å². The zero-order valence-electron chi connectivity index (χ0n) is 16.1. The molecule has 26 heavy (non-hydrogen) atoms. The van der Waals surface area contributed by atoms with E-state index in [1.165, 1.54) is 23.1 Å². The summed E-state index contributed by atoms with van der Waals surface area (Å²) in [6.07, 6.45) is 9.05. The largest absolute Gasteiger partial charge is 0.0993 e. The number of halogens is 1. The molecule has 3 unspecified atom stereocenters. The Morgan fingerprint density at radius 2 is 1.58 bits per heavy atom. The molecule has 0 saturated carbocycles. The van der Waals surface area contributed by atoms with Gasteiger partial charge in [0.05, 0.1) is 0 Å². The molecule has 0 N–H and O–H groups in total. The summed E-state index contributed by atoms with van der Waals surface area (Å²) in [6.45, 7) is 8.68. The number of hydrogen-bond acceptors (Lipinski definition) is 0. The zero-order chi connectivity index (χ0) is 18.8. The first-order chi connectivity index (χ1) is 12.6. The fraction of sp³-hybridized carbons (Fsp3) is 0.360. The Balaban J connectivity index is 2.13. The lowest BCUT2D eigenvalue weighted by molar-refractivity contribution is 0.534. The molecule has 0 aliphatic rings. The van der Waals surface area contributed by atoms with Crippen LogP contribution in [0.15, 0.2) is 85.0 Å². The van der Waals surface area contributed by atoms with E-state index in [-0.39, 0.29) is 0 Å². The van der Waals surface area contributed by atoms with E-state index in [1.807, 2.05) is 0 Å². The van der Waals surface area contributed by atoms with Crippen LogP contribution in [0.5, 0.6) is 0 Å². The van der Waals surface area contributed by atoms with Gasteiger partial charge in [-0.05, 0) is 55.6 Å². The highest BCUT2D eigenvalue weighted by Crippen LogP contribution is 2.30. The van der Waals surface area contributed by atoms with Gasteiger partial charge in [-0.1, -0.05) is 108 Å². The van der Waals surface area contributed by atoms with Gasteiger partial charge in [0.25, 0.3) is 0 Å². The first-order valence-electron chi connectivity index (χ1n) is 9.69. The van der Waals surface area contributed by atoms with Crippen LogP contribution in [0.1, 0.15) is 50.2 Å². The standard InChI is InChI=1S/C25H31Br/c1-4-20(2)23(16-15-21(3)26)17-18-25(24-13-9-6-10-14-24)19-22-11-7-5-8-12-22/h5-16,21,23,25H,2,4,17-19H2,1,3H3/b16-15-. The monoisotopic (exact) mass is 410 g/mol. The number of hydrogen-bond donors (Lipinski definition) is 0. The predicted octanol–water partition coefficient (Wildman–Crippen LogP) is 7.72. The van der Waals surface area contributed by atoms with Gasteiger partial charge in [0.1, 0.15) is 0 Å². The molecule has 0 nitrogen and oxygen atoms in total. The highest BCUT2D eigenvalue weighted by Gasteiger charge is 2.16. The molecule has 0 aliphatic heterocycles. The van der Waals surface area contributed by atoms with Crippen LogP contribution >= 0.6 is 15.9 Å². The molecule has 0 amide bonds. The van der Waals surface area contributed by atoms with Gasteiger partial charge in [0, 0.05) is 4.83 Å². The van der Waals surface area contributed by atoms with Gasteiger partial charge in [-0.15, -0.1) is 0 Å². The van der Waals surface area contributed by atoms with Crippen molar-refractivity contribution in [3.63, 3.8) is 0 Å². The molecular weight excluding hydrogens is 380 g/mol. The molecule has 2 rings (SSSR count). The first-order valence-corrected chi connectivity index (χ1v) is 10.6. The molecule has 1 heteroatoms. The topological polar surface area (TPSA) is 0 Å². The second-order valence-corrected chi connectivity index (χ2v) is 8.50. The van der Waals surface area contributed by atoms with Crippen LogP contribution < -0.4 is 0 Å². The molecule has 2 aromatic rings. The van der Waals surface area contributed by atoms with Crippen molar-refractivity contribution >= 4 is 15.9 Å². The summed E-state index contributed by atoms with van der Waals surface area (Å²) in [5.41, 5.74) is 4.19. The maximum Gasteiger partial charge on any atom is 0.0297 e. The lowest BCUT2D eigenvalue weighted by atomic mass is 9.83. The Bertz CT molecular complexity index is 670. The molecular formula is C25H31Br. The molecule has 0 aliphatic carbocycles. The Kier molecular flexibility index (Phi) is 8.91. The van der Waals surface area contributed by atoms with Gasteiger partial charge in [0.2, 0.25) is 0 Å². The second-order valence-electron chi connectivity index (χ2n) is 7.06. The van der Waals surface area contributed by atoms with Crippen LogP contribution in [0.25, 0.3) is 0 Å². The Morgan fingerprint density at radius 3 is 2.15 bits per heavy atom. The van der Waals surface area contributed by atoms with Crippen molar-refractivity contribution in [1.29, 1.82) is 0 Å². The van der Waals surface area contributed by atoms with Crippen LogP contribution in [0.2, 0.25) is 0 Å². The average molecular weight is 411 g/mol. The third-order valence-corrected chi connectivity index (χ3v) is 5.31. The van der Waals surface area contributed by atoms with Crippen molar-refractivity contribution < 1.29 is 0 Å². The fourth-order valence-corrected chi connectivity index (χ4v) is 3.55. The van der Waals surface area contributed by atoms with Crippen LogP contribution in [-0.2, 0) is 6.42 Å². The van der Waals surface area contributed by atoms with Gasteiger partial charge in [-0.3, -0.25) is 0 Å². The van der Waals surface area contributed by atoms with Crippen molar-refractivity contribution in [2.75, 3.05) is 0 Å². The van der Waals surface area contributed by atoms with Gasteiger partial charge in [-0.25, -0.2) is 0 Å². The maximum atomic E-state index is 4.32. The van der Waals surface area contributed by atoms with E-state index in [4.69, 9.17) is 0 Å². The molecule has 0 fully saturated rings. The van der Waals surface area contributed by atoms with Crippen molar-refractivity contribution in [2.45, 2.75) is 50.3 Å². The highest BCUT2D eigenvalue weighted by molar-refractivity contribution is 9.09. The quantitative estimate of drug-likeness (QED) is 0.277. The SMILES string of the molecule is C=C(CC)C(/C=C\C(C)Br)CCC(Cc1ccccc1)c1ccccc1. The Morgan fingerprint density at radius 1 is 0.962 bits per heavy atom. The lowest BCUT2D eigenvalue weighted by Crippen LogP contribution is -2.08. The lowest BCUT2D eigenvalue weighted by Gasteiger charge is -2.22. The zero-order valence-corrected chi connectivity index (χ0v) is 17.7. The second kappa shape index (κ2) is 11.2. The summed E-state index contributed by atoms with van der Waals surface area (Å²) < 4.78 is 0. The molecule has 0 heterocycles. The van der Waals surface area contributed by atoms with Crippen LogP contribution in [0.4, 0.5) is 0 Å². The minimum absolute atomic E-state index is 0.406. The fourth-order valence-electron chi connectivity index (χ4n) is 3.38. The van der Waals surface area contributed by atoms with Gasteiger partial charge < -0.3 is 0 Å². The van der Waals surface area contributed by atoms with Crippen LogP contribution in [-0.4, -0.2) is 4.83 Å². The first kappa shape index (κ1) is 20.7. The van der Waals surface area contributed by atoms with Crippen molar-refractivity contribution in [1.82, 2.24) is 0 Å². The summed E-state index contributed by atoms with van der Waals surface area (Å²) in [5.74, 6) is 1.00. The Hall–Kier alpha value is -1.60. The maximum absolute atomic E-state index is 4.32. The summed E-state index contributed by atoms with van der Waals surface area (Å²) in [4.78, 5) is 0.406. The normalized spacial score (nSPS) is 14.9. The number of rotatable bonds is 10. The van der Waals surface area contributed by atoms with Gasteiger partial charge in [-0.2, -0.15) is 0 Å².